The van der Waals surface area contributed by atoms with Crippen LogP contribution in [0.5, 0.6) is 0 Å². The lowest BCUT2D eigenvalue weighted by Gasteiger charge is -2.11. The molecule has 1 aromatic heterocycles. The number of thiophene rings is 1. The van der Waals surface area contributed by atoms with E-state index in [-0.39, 0.29) is 0 Å². The quantitative estimate of drug-likeness (QED) is 0.773. The van der Waals surface area contributed by atoms with Crippen LogP contribution in [-0.2, 0) is 4.74 Å². The van der Waals surface area contributed by atoms with Crippen LogP contribution in [0, 0.1) is 0 Å². The molecule has 1 atom stereocenters. The summed E-state index contributed by atoms with van der Waals surface area (Å²) in [5, 5.41) is 16.5. The second kappa shape index (κ2) is 6.12. The first-order valence-corrected chi connectivity index (χ1v) is 6.54. The maximum atomic E-state index is 10.1. The predicted octanol–water partition coefficient (Wildman–Crippen LogP) is 2.17. The Morgan fingerprint density at radius 3 is 3.06 bits per heavy atom. The van der Waals surface area contributed by atoms with Gasteiger partial charge < -0.3 is 15.2 Å². The van der Waals surface area contributed by atoms with Crippen LogP contribution in [-0.4, -0.2) is 31.9 Å². The molecule has 4 heteroatoms. The van der Waals surface area contributed by atoms with Crippen molar-refractivity contribution in [3.05, 3.63) is 35.2 Å². The number of rotatable bonds is 6. The van der Waals surface area contributed by atoms with E-state index in [2.05, 4.69) is 17.4 Å². The monoisotopic (exact) mass is 251 g/mol. The second-order valence-corrected chi connectivity index (χ2v) is 4.81. The van der Waals surface area contributed by atoms with E-state index in [0.717, 1.165) is 17.5 Å². The molecular weight excluding hydrogens is 234 g/mol. The lowest BCUT2D eigenvalue weighted by atomic mass is 10.1. The van der Waals surface area contributed by atoms with Crippen molar-refractivity contribution in [3.63, 3.8) is 0 Å². The van der Waals surface area contributed by atoms with E-state index in [1.807, 2.05) is 17.5 Å². The minimum atomic E-state index is -0.456. The van der Waals surface area contributed by atoms with E-state index in [9.17, 15) is 5.11 Å². The number of ether oxygens (including phenoxy) is 1. The van der Waals surface area contributed by atoms with E-state index in [0.29, 0.717) is 13.2 Å². The largest absolute Gasteiger partial charge is 0.387 e. The van der Waals surface area contributed by atoms with E-state index in [1.54, 1.807) is 18.4 Å². The van der Waals surface area contributed by atoms with Crippen molar-refractivity contribution in [1.29, 1.82) is 0 Å². The van der Waals surface area contributed by atoms with Crippen LogP contribution in [0.4, 0.5) is 0 Å². The molecule has 2 rings (SSSR count). The fraction of sp³-hybridized carbons (Fsp3) is 0.385. The Bertz CT molecular complexity index is 469. The lowest BCUT2D eigenvalue weighted by molar-refractivity contribution is 0.163. The van der Waals surface area contributed by atoms with Crippen LogP contribution >= 0.6 is 11.3 Å². The van der Waals surface area contributed by atoms with Gasteiger partial charge in [-0.25, -0.2) is 0 Å². The summed E-state index contributed by atoms with van der Waals surface area (Å²) in [6.45, 7) is 1.98. The van der Waals surface area contributed by atoms with Gasteiger partial charge in [-0.3, -0.25) is 0 Å². The van der Waals surface area contributed by atoms with Gasteiger partial charge >= 0.3 is 0 Å². The molecule has 0 fully saturated rings. The Balaban J connectivity index is 2.01. The molecule has 0 spiro atoms. The summed E-state index contributed by atoms with van der Waals surface area (Å²) < 4.78 is 6.16. The Kier molecular flexibility index (Phi) is 4.50. The first-order valence-electron chi connectivity index (χ1n) is 5.67. The minimum absolute atomic E-state index is 0.456. The van der Waals surface area contributed by atoms with Crippen LogP contribution in [0.15, 0.2) is 29.6 Å². The van der Waals surface area contributed by atoms with Crippen LogP contribution in [0.2, 0.25) is 0 Å². The van der Waals surface area contributed by atoms with Crippen LogP contribution < -0.4 is 5.32 Å². The third-order valence-corrected chi connectivity index (χ3v) is 3.67. The van der Waals surface area contributed by atoms with Crippen molar-refractivity contribution in [1.82, 2.24) is 5.32 Å². The third-order valence-electron chi connectivity index (χ3n) is 2.69. The molecule has 0 saturated carbocycles. The van der Waals surface area contributed by atoms with Gasteiger partial charge in [-0.2, -0.15) is 0 Å². The summed E-state index contributed by atoms with van der Waals surface area (Å²) in [6.07, 6.45) is -0.456. The number of hydrogen-bond donors (Lipinski definition) is 2. The zero-order valence-electron chi connectivity index (χ0n) is 9.85. The van der Waals surface area contributed by atoms with E-state index in [4.69, 9.17) is 4.74 Å². The fourth-order valence-electron chi connectivity index (χ4n) is 1.78. The van der Waals surface area contributed by atoms with Gasteiger partial charge in [-0.1, -0.05) is 18.2 Å². The lowest BCUT2D eigenvalue weighted by Crippen LogP contribution is -2.24. The van der Waals surface area contributed by atoms with Gasteiger partial charge in [0.05, 0.1) is 12.7 Å². The van der Waals surface area contributed by atoms with Gasteiger partial charge in [0.25, 0.3) is 0 Å². The summed E-state index contributed by atoms with van der Waals surface area (Å²) >= 11 is 1.67. The van der Waals surface area contributed by atoms with Gasteiger partial charge in [0.1, 0.15) is 0 Å². The summed E-state index contributed by atoms with van der Waals surface area (Å²) in [4.78, 5) is 0. The van der Waals surface area contributed by atoms with E-state index >= 15 is 0 Å². The van der Waals surface area contributed by atoms with Crippen molar-refractivity contribution in [2.75, 3.05) is 26.8 Å². The molecule has 0 bridgehead atoms. The smallest absolute Gasteiger partial charge is 0.0928 e. The Labute approximate surface area is 105 Å². The molecule has 17 heavy (non-hydrogen) atoms. The van der Waals surface area contributed by atoms with E-state index < -0.39 is 6.10 Å². The zero-order valence-corrected chi connectivity index (χ0v) is 10.7. The van der Waals surface area contributed by atoms with Gasteiger partial charge in [0, 0.05) is 30.5 Å². The molecule has 1 aromatic carbocycles. The topological polar surface area (TPSA) is 41.5 Å². The maximum absolute atomic E-state index is 10.1. The van der Waals surface area contributed by atoms with Gasteiger partial charge in [-0.15, -0.1) is 11.3 Å². The number of hydrogen-bond acceptors (Lipinski definition) is 4. The number of methoxy groups -OCH3 is 1. The summed E-state index contributed by atoms with van der Waals surface area (Å²) in [7, 11) is 1.67. The molecular formula is C13H17NO2S. The molecule has 0 amide bonds. The van der Waals surface area contributed by atoms with Crippen LogP contribution in [0.1, 0.15) is 11.7 Å². The van der Waals surface area contributed by atoms with Crippen LogP contribution in [0.3, 0.4) is 0 Å². The Morgan fingerprint density at radius 1 is 1.41 bits per heavy atom. The molecule has 92 valence electrons. The average molecular weight is 251 g/mol. The standard InChI is InChI=1S/C13H17NO2S/c1-16-7-6-14-8-12(15)11-9-17-13-5-3-2-4-10(11)13/h2-5,9,12,14-15H,6-8H2,1H3. The number of aliphatic hydroxyl groups excluding tert-OH is 1. The highest BCUT2D eigenvalue weighted by Crippen LogP contribution is 2.29. The highest BCUT2D eigenvalue weighted by atomic mass is 32.1. The molecule has 2 N–H and O–H groups in total. The maximum Gasteiger partial charge on any atom is 0.0928 e. The number of aliphatic hydroxyl groups is 1. The first kappa shape index (κ1) is 12.5. The van der Waals surface area contributed by atoms with Crippen molar-refractivity contribution >= 4 is 21.4 Å². The fourth-order valence-corrected chi connectivity index (χ4v) is 2.79. The molecule has 0 aliphatic heterocycles. The minimum Gasteiger partial charge on any atom is -0.387 e. The summed E-state index contributed by atoms with van der Waals surface area (Å²) in [6, 6.07) is 8.16. The first-order chi connectivity index (χ1) is 8.33. The molecule has 3 nitrogen and oxygen atoms in total. The van der Waals surface area contributed by atoms with Crippen molar-refractivity contribution in [3.8, 4) is 0 Å². The number of benzene rings is 1. The predicted molar refractivity (Wildman–Crippen MR) is 71.5 cm³/mol. The zero-order chi connectivity index (χ0) is 12.1. The molecule has 0 aliphatic rings. The second-order valence-electron chi connectivity index (χ2n) is 3.90. The summed E-state index contributed by atoms with van der Waals surface area (Å²) in [5.74, 6) is 0. The molecule has 0 saturated heterocycles. The van der Waals surface area contributed by atoms with Gasteiger partial charge in [0.2, 0.25) is 0 Å². The SMILES string of the molecule is COCCNCC(O)c1csc2ccccc12. The highest BCUT2D eigenvalue weighted by Gasteiger charge is 2.12. The average Bonchev–Trinajstić information content (AvgIpc) is 2.78. The molecule has 0 radical (unpaired) electrons. The van der Waals surface area contributed by atoms with Crippen molar-refractivity contribution in [2.45, 2.75) is 6.10 Å². The van der Waals surface area contributed by atoms with Crippen LogP contribution in [0.25, 0.3) is 10.1 Å². The Hall–Kier alpha value is -0.940. The highest BCUT2D eigenvalue weighted by molar-refractivity contribution is 7.17. The van der Waals surface area contributed by atoms with Gasteiger partial charge in [0.15, 0.2) is 0 Å². The Morgan fingerprint density at radius 2 is 2.24 bits per heavy atom. The third kappa shape index (κ3) is 3.04. The van der Waals surface area contributed by atoms with E-state index in [1.165, 1.54) is 4.70 Å². The molecule has 1 unspecified atom stereocenters. The van der Waals surface area contributed by atoms with Crippen molar-refractivity contribution in [2.24, 2.45) is 0 Å². The number of nitrogens with one attached hydrogen (secondary N) is 1. The summed E-state index contributed by atoms with van der Waals surface area (Å²) in [5.41, 5.74) is 1.01. The molecule has 2 aromatic rings. The molecule has 1 heterocycles. The van der Waals surface area contributed by atoms with Crippen molar-refractivity contribution < 1.29 is 9.84 Å². The normalized spacial score (nSPS) is 13.1. The van der Waals surface area contributed by atoms with Gasteiger partial charge in [-0.05, 0) is 16.8 Å². The number of fused-ring (bicyclic) bond motifs is 1. The molecule has 0 aliphatic carbocycles.